The fraction of sp³-hybridized carbons (Fsp3) is 0.333. The molecule has 0 bridgehead atoms. The van der Waals surface area contributed by atoms with Gasteiger partial charge in [0.05, 0.1) is 0 Å². The van der Waals surface area contributed by atoms with E-state index in [1.165, 1.54) is 23.3 Å². The first-order valence-corrected chi connectivity index (χ1v) is 7.30. The minimum atomic E-state index is 0.772. The second-order valence-electron chi connectivity index (χ2n) is 4.96. The van der Waals surface area contributed by atoms with Crippen molar-refractivity contribution < 1.29 is 0 Å². The minimum absolute atomic E-state index is 0.772. The van der Waals surface area contributed by atoms with E-state index >= 15 is 0 Å². The number of hydrogen-bond acceptors (Lipinski definition) is 3. The zero-order chi connectivity index (χ0) is 12.4. The molecule has 1 saturated carbocycles. The predicted molar refractivity (Wildman–Crippen MR) is 77.4 cm³/mol. The Morgan fingerprint density at radius 3 is 2.72 bits per heavy atom. The topological polar surface area (TPSA) is 29.3 Å². The second kappa shape index (κ2) is 5.12. The van der Waals surface area contributed by atoms with E-state index in [0.717, 1.165) is 24.8 Å². The Labute approximate surface area is 112 Å². The van der Waals surface area contributed by atoms with E-state index in [1.54, 1.807) is 0 Å². The maximum Gasteiger partial charge on any atom is 0.0334 e. The van der Waals surface area contributed by atoms with Crippen molar-refractivity contribution in [3.8, 4) is 0 Å². The Bertz CT molecular complexity index is 503. The predicted octanol–water partition coefficient (Wildman–Crippen LogP) is 3.49. The lowest BCUT2D eigenvalue weighted by molar-refractivity contribution is 0.248. The van der Waals surface area contributed by atoms with Gasteiger partial charge in [-0.3, -0.25) is 4.90 Å². The molecule has 1 aliphatic carbocycles. The molecule has 2 nitrogen and oxygen atoms in total. The van der Waals surface area contributed by atoms with Crippen molar-refractivity contribution in [2.75, 3.05) is 5.73 Å². The summed E-state index contributed by atoms with van der Waals surface area (Å²) in [6, 6.07) is 13.4. The van der Waals surface area contributed by atoms with E-state index in [-0.39, 0.29) is 0 Å². The highest BCUT2D eigenvalue weighted by atomic mass is 32.1. The van der Waals surface area contributed by atoms with Gasteiger partial charge in [0.15, 0.2) is 0 Å². The third-order valence-corrected chi connectivity index (χ3v) is 4.20. The molecule has 1 aromatic carbocycles. The summed E-state index contributed by atoms with van der Waals surface area (Å²) in [5.74, 6) is 0. The fourth-order valence-electron chi connectivity index (χ4n) is 2.28. The number of nitrogens with two attached hydrogens (primary N) is 1. The largest absolute Gasteiger partial charge is 0.399 e. The Balaban J connectivity index is 1.70. The highest BCUT2D eigenvalue weighted by Gasteiger charge is 2.29. The average molecular weight is 258 g/mol. The smallest absolute Gasteiger partial charge is 0.0334 e. The molecule has 3 rings (SSSR count). The number of thiophene rings is 1. The second-order valence-corrected chi connectivity index (χ2v) is 5.99. The van der Waals surface area contributed by atoms with Crippen LogP contribution in [0.5, 0.6) is 0 Å². The van der Waals surface area contributed by atoms with Crippen LogP contribution in [-0.2, 0) is 13.1 Å². The summed E-state index contributed by atoms with van der Waals surface area (Å²) in [5, 5.41) is 2.15. The Kier molecular flexibility index (Phi) is 3.35. The van der Waals surface area contributed by atoms with Gasteiger partial charge in [-0.2, -0.15) is 0 Å². The van der Waals surface area contributed by atoms with Crippen LogP contribution in [0.15, 0.2) is 41.8 Å². The lowest BCUT2D eigenvalue weighted by Crippen LogP contribution is -2.24. The molecular weight excluding hydrogens is 240 g/mol. The fourth-order valence-corrected chi connectivity index (χ4v) is 3.01. The van der Waals surface area contributed by atoms with Gasteiger partial charge < -0.3 is 5.73 Å². The maximum absolute atomic E-state index is 5.85. The highest BCUT2D eigenvalue weighted by molar-refractivity contribution is 7.09. The standard InChI is InChI=1S/C15H18N2S/c16-13-4-1-3-12(9-13)10-17(14-6-7-14)11-15-5-2-8-18-15/h1-5,8-9,14H,6-7,10-11,16H2. The first kappa shape index (κ1) is 11.8. The number of nitrogen functional groups attached to an aromatic ring is 1. The first-order chi connectivity index (χ1) is 8.81. The van der Waals surface area contributed by atoms with Crippen molar-refractivity contribution in [3.63, 3.8) is 0 Å². The molecule has 1 heterocycles. The molecule has 1 aliphatic rings. The van der Waals surface area contributed by atoms with E-state index in [1.807, 2.05) is 23.5 Å². The van der Waals surface area contributed by atoms with Gasteiger partial charge in [0.2, 0.25) is 0 Å². The third kappa shape index (κ3) is 2.92. The molecule has 0 amide bonds. The van der Waals surface area contributed by atoms with Crippen LogP contribution in [0.1, 0.15) is 23.3 Å². The zero-order valence-corrected chi connectivity index (χ0v) is 11.2. The van der Waals surface area contributed by atoms with Crippen molar-refractivity contribution in [2.24, 2.45) is 0 Å². The monoisotopic (exact) mass is 258 g/mol. The van der Waals surface area contributed by atoms with Crippen LogP contribution in [0.25, 0.3) is 0 Å². The summed E-state index contributed by atoms with van der Waals surface area (Å²) in [6.07, 6.45) is 2.68. The molecule has 0 spiro atoms. The van der Waals surface area contributed by atoms with Crippen LogP contribution in [0.3, 0.4) is 0 Å². The number of hydrogen-bond donors (Lipinski definition) is 1. The van der Waals surface area contributed by atoms with Crippen LogP contribution >= 0.6 is 11.3 Å². The number of anilines is 1. The molecule has 18 heavy (non-hydrogen) atoms. The van der Waals surface area contributed by atoms with Gasteiger partial charge in [-0.05, 0) is 42.0 Å². The van der Waals surface area contributed by atoms with Crippen molar-refractivity contribution in [1.82, 2.24) is 4.90 Å². The normalized spacial score (nSPS) is 15.2. The Morgan fingerprint density at radius 1 is 1.17 bits per heavy atom. The number of benzene rings is 1. The first-order valence-electron chi connectivity index (χ1n) is 6.42. The van der Waals surface area contributed by atoms with E-state index < -0.39 is 0 Å². The summed E-state index contributed by atoms with van der Waals surface area (Å²) in [7, 11) is 0. The highest BCUT2D eigenvalue weighted by Crippen LogP contribution is 2.30. The van der Waals surface area contributed by atoms with Crippen molar-refractivity contribution in [1.29, 1.82) is 0 Å². The molecule has 3 heteroatoms. The molecule has 0 unspecified atom stereocenters. The van der Waals surface area contributed by atoms with Crippen LogP contribution in [-0.4, -0.2) is 10.9 Å². The van der Waals surface area contributed by atoms with Gasteiger partial charge in [-0.25, -0.2) is 0 Å². The van der Waals surface area contributed by atoms with E-state index in [9.17, 15) is 0 Å². The molecule has 0 radical (unpaired) electrons. The molecule has 2 aromatic rings. The lowest BCUT2D eigenvalue weighted by Gasteiger charge is -2.21. The van der Waals surface area contributed by atoms with Crippen LogP contribution in [0, 0.1) is 0 Å². The number of rotatable bonds is 5. The van der Waals surface area contributed by atoms with E-state index in [2.05, 4.69) is 34.5 Å². The zero-order valence-electron chi connectivity index (χ0n) is 10.4. The molecule has 0 aliphatic heterocycles. The van der Waals surface area contributed by atoms with Gasteiger partial charge in [-0.1, -0.05) is 18.2 Å². The molecule has 0 atom stereocenters. The van der Waals surface area contributed by atoms with Crippen LogP contribution in [0.4, 0.5) is 5.69 Å². The van der Waals surface area contributed by atoms with Gasteiger partial charge in [0, 0.05) is 29.7 Å². The molecule has 2 N–H and O–H groups in total. The maximum atomic E-state index is 5.85. The summed E-state index contributed by atoms with van der Waals surface area (Å²) in [4.78, 5) is 4.02. The SMILES string of the molecule is Nc1cccc(CN(Cc2cccs2)C2CC2)c1. The van der Waals surface area contributed by atoms with Gasteiger partial charge >= 0.3 is 0 Å². The third-order valence-electron chi connectivity index (χ3n) is 3.34. The van der Waals surface area contributed by atoms with Crippen LogP contribution in [0.2, 0.25) is 0 Å². The summed E-state index contributed by atoms with van der Waals surface area (Å²) in [6.45, 7) is 2.07. The van der Waals surface area contributed by atoms with Crippen molar-refractivity contribution in [2.45, 2.75) is 32.0 Å². The minimum Gasteiger partial charge on any atom is -0.399 e. The molecule has 94 valence electrons. The van der Waals surface area contributed by atoms with E-state index in [0.29, 0.717) is 0 Å². The van der Waals surface area contributed by atoms with Crippen molar-refractivity contribution >= 4 is 17.0 Å². The van der Waals surface area contributed by atoms with Gasteiger partial charge in [0.25, 0.3) is 0 Å². The van der Waals surface area contributed by atoms with Crippen molar-refractivity contribution in [3.05, 3.63) is 52.2 Å². The molecule has 1 fully saturated rings. The Morgan fingerprint density at radius 2 is 2.06 bits per heavy atom. The van der Waals surface area contributed by atoms with E-state index in [4.69, 9.17) is 5.73 Å². The van der Waals surface area contributed by atoms with Gasteiger partial charge in [0.1, 0.15) is 0 Å². The molecule has 0 saturated heterocycles. The van der Waals surface area contributed by atoms with Gasteiger partial charge in [-0.15, -0.1) is 11.3 Å². The summed E-state index contributed by atoms with van der Waals surface area (Å²) < 4.78 is 0. The number of nitrogens with zero attached hydrogens (tertiary/aromatic N) is 1. The Hall–Kier alpha value is -1.32. The van der Waals surface area contributed by atoms with Crippen LogP contribution < -0.4 is 5.73 Å². The quantitative estimate of drug-likeness (QED) is 0.832. The molecule has 1 aromatic heterocycles. The summed E-state index contributed by atoms with van der Waals surface area (Å²) >= 11 is 1.84. The molecular formula is C15H18N2S. The average Bonchev–Trinajstić information content (AvgIpc) is 3.08. The summed E-state index contributed by atoms with van der Waals surface area (Å²) in [5.41, 5.74) is 8.02. The lowest BCUT2D eigenvalue weighted by atomic mass is 10.2.